The van der Waals surface area contributed by atoms with E-state index in [0.29, 0.717) is 53.8 Å². The molecule has 4 aromatic rings. The zero-order chi connectivity index (χ0) is 30.3. The topological polar surface area (TPSA) is 126 Å². The summed E-state index contributed by atoms with van der Waals surface area (Å²) in [5.41, 5.74) is 4.73. The van der Waals surface area contributed by atoms with Crippen molar-refractivity contribution in [1.29, 1.82) is 0 Å². The number of nitrogens with one attached hydrogen (secondary N) is 3. The summed E-state index contributed by atoms with van der Waals surface area (Å²) in [6.45, 7) is 7.26. The average molecular weight is 594 g/mol. The second-order valence-electron chi connectivity index (χ2n) is 10.6. The first-order valence-corrected chi connectivity index (χ1v) is 14.0. The van der Waals surface area contributed by atoms with Crippen molar-refractivity contribution in [2.24, 2.45) is 0 Å². The molecule has 4 rings (SSSR count). The van der Waals surface area contributed by atoms with Crippen molar-refractivity contribution in [3.8, 4) is 28.1 Å². The van der Waals surface area contributed by atoms with Crippen LogP contribution in [0.1, 0.15) is 36.7 Å². The predicted octanol–water partition coefficient (Wildman–Crippen LogP) is 4.67. The van der Waals surface area contributed by atoms with Crippen molar-refractivity contribution in [3.05, 3.63) is 77.1 Å². The number of hydrogen-bond acceptors (Lipinski definition) is 7. The van der Waals surface area contributed by atoms with Crippen molar-refractivity contribution in [2.45, 2.75) is 33.0 Å². The number of methoxy groups -OCH3 is 1. The molecule has 0 bridgehead atoms. The van der Waals surface area contributed by atoms with Gasteiger partial charge in [0.25, 0.3) is 5.91 Å². The number of halogens is 1. The van der Waals surface area contributed by atoms with Crippen LogP contribution in [0, 0.1) is 0 Å². The Kier molecular flexibility index (Phi) is 10.1. The Labute approximate surface area is 250 Å². The molecule has 222 valence electrons. The van der Waals surface area contributed by atoms with Crippen LogP contribution in [0.3, 0.4) is 0 Å². The Bertz CT molecular complexity index is 1550. The lowest BCUT2D eigenvalue weighted by Gasteiger charge is -2.19. The van der Waals surface area contributed by atoms with E-state index < -0.39 is 11.7 Å². The van der Waals surface area contributed by atoms with Gasteiger partial charge in [-0.05, 0) is 73.9 Å². The number of nitrogens with zero attached hydrogens (tertiary/aromatic N) is 2. The molecular weight excluding hydrogens is 558 g/mol. The molecule has 2 heterocycles. The number of aliphatic hydroxyl groups excluding tert-OH is 1. The molecule has 0 aliphatic carbocycles. The third-order valence-electron chi connectivity index (χ3n) is 6.32. The number of carbonyl (C=O) groups excluding carboxylic acids is 2. The number of fused-ring (bicyclic) bond motifs is 1. The molecule has 11 heteroatoms. The number of aromatic nitrogens is 2. The number of hydrogen-bond donors (Lipinski definition) is 4. The molecule has 0 aliphatic rings. The van der Waals surface area contributed by atoms with Gasteiger partial charge < -0.3 is 34.9 Å². The van der Waals surface area contributed by atoms with Crippen LogP contribution in [0.2, 0.25) is 5.02 Å². The molecule has 0 unspecified atom stereocenters. The van der Waals surface area contributed by atoms with Gasteiger partial charge in [0, 0.05) is 49.7 Å². The van der Waals surface area contributed by atoms with Crippen molar-refractivity contribution in [3.63, 3.8) is 0 Å². The highest BCUT2D eigenvalue weighted by atomic mass is 35.5. The van der Waals surface area contributed by atoms with Gasteiger partial charge in [0.15, 0.2) is 0 Å². The lowest BCUT2D eigenvalue weighted by atomic mass is 10.0. The van der Waals surface area contributed by atoms with E-state index in [2.05, 4.69) is 16.0 Å². The maximum Gasteiger partial charge on any atom is 0.407 e. The number of carbonyl (C=O) groups is 2. The summed E-state index contributed by atoms with van der Waals surface area (Å²) in [7, 11) is 1.53. The number of benzene rings is 2. The molecule has 10 nitrogen and oxygen atoms in total. The molecule has 0 aliphatic heterocycles. The molecule has 0 saturated carbocycles. The highest BCUT2D eigenvalue weighted by molar-refractivity contribution is 6.32. The number of aliphatic hydroxyl groups is 1. The van der Waals surface area contributed by atoms with Gasteiger partial charge >= 0.3 is 6.09 Å². The van der Waals surface area contributed by atoms with E-state index in [1.807, 2.05) is 61.8 Å². The Hall–Kier alpha value is -4.12. The van der Waals surface area contributed by atoms with E-state index in [-0.39, 0.29) is 12.5 Å². The number of imidazole rings is 1. The molecule has 2 aromatic carbocycles. The van der Waals surface area contributed by atoms with Gasteiger partial charge in [0.1, 0.15) is 17.0 Å². The highest BCUT2D eigenvalue weighted by Gasteiger charge is 2.16. The summed E-state index contributed by atoms with van der Waals surface area (Å²) < 4.78 is 12.4. The fourth-order valence-electron chi connectivity index (χ4n) is 4.29. The average Bonchev–Trinajstić information content (AvgIpc) is 3.39. The number of rotatable bonds is 11. The summed E-state index contributed by atoms with van der Waals surface area (Å²) >= 11 is 6.34. The maximum absolute atomic E-state index is 12.6. The number of alkyl carbamates (subject to hydrolysis) is 1. The molecule has 42 heavy (non-hydrogen) atoms. The quantitative estimate of drug-likeness (QED) is 0.186. The van der Waals surface area contributed by atoms with Crippen LogP contribution >= 0.6 is 11.6 Å². The number of ether oxygens (including phenoxy) is 2. The first-order valence-electron chi connectivity index (χ1n) is 13.6. The fourth-order valence-corrected chi connectivity index (χ4v) is 4.53. The molecule has 0 saturated heterocycles. The Morgan fingerprint density at radius 2 is 1.69 bits per heavy atom. The van der Waals surface area contributed by atoms with Crippen LogP contribution in [-0.2, 0) is 11.3 Å². The lowest BCUT2D eigenvalue weighted by Crippen LogP contribution is -2.38. The van der Waals surface area contributed by atoms with Crippen molar-refractivity contribution in [2.75, 3.05) is 33.3 Å². The van der Waals surface area contributed by atoms with Gasteiger partial charge in [-0.3, -0.25) is 4.79 Å². The summed E-state index contributed by atoms with van der Waals surface area (Å²) in [6.07, 6.45) is 3.35. The van der Waals surface area contributed by atoms with Crippen molar-refractivity contribution >= 4 is 29.2 Å². The smallest absolute Gasteiger partial charge is 0.407 e. The van der Waals surface area contributed by atoms with E-state index in [9.17, 15) is 14.7 Å². The van der Waals surface area contributed by atoms with Crippen molar-refractivity contribution < 1.29 is 24.2 Å². The SMILES string of the molecule is COc1cc(CO)c(-c2cn3ccc(-c4ccc(C(=O)NCCNCCNC(=O)OC(C)(C)C)cc4)cc3n2)cc1Cl. The molecule has 0 spiro atoms. The number of amides is 2. The molecule has 0 fully saturated rings. The monoisotopic (exact) mass is 593 g/mol. The third kappa shape index (κ3) is 8.00. The van der Waals surface area contributed by atoms with Crippen LogP contribution in [0.15, 0.2) is 60.9 Å². The second kappa shape index (κ2) is 13.7. The Balaban J connectivity index is 1.31. The first kappa shape index (κ1) is 30.8. The van der Waals surface area contributed by atoms with Gasteiger partial charge in [0.2, 0.25) is 0 Å². The lowest BCUT2D eigenvalue weighted by molar-refractivity contribution is 0.0528. The van der Waals surface area contributed by atoms with Gasteiger partial charge in [-0.2, -0.15) is 0 Å². The van der Waals surface area contributed by atoms with Crippen LogP contribution in [-0.4, -0.2) is 65.4 Å². The van der Waals surface area contributed by atoms with Crippen LogP contribution in [0.4, 0.5) is 4.79 Å². The second-order valence-corrected chi connectivity index (χ2v) is 11.0. The zero-order valence-electron chi connectivity index (χ0n) is 24.2. The van der Waals surface area contributed by atoms with E-state index in [0.717, 1.165) is 22.3 Å². The molecule has 0 atom stereocenters. The van der Waals surface area contributed by atoms with Gasteiger partial charge in [-0.25, -0.2) is 9.78 Å². The standard InChI is InChI=1S/C31H36ClN5O5/c1-31(2,3)42-30(40)35-13-11-33-10-12-34-29(39)21-7-5-20(6-8-21)22-9-14-37-18-26(36-28(37)16-22)24-17-25(32)27(41-4)15-23(24)19-38/h5-9,14-18,33,38H,10-13,19H2,1-4H3,(H,34,39)(H,35,40). The van der Waals surface area contributed by atoms with E-state index in [4.69, 9.17) is 26.1 Å². The molecule has 0 radical (unpaired) electrons. The maximum atomic E-state index is 12.6. The van der Waals surface area contributed by atoms with Crippen LogP contribution < -0.4 is 20.7 Å². The van der Waals surface area contributed by atoms with Crippen LogP contribution in [0.5, 0.6) is 5.75 Å². The van der Waals surface area contributed by atoms with Gasteiger partial charge in [-0.15, -0.1) is 0 Å². The van der Waals surface area contributed by atoms with Crippen LogP contribution in [0.25, 0.3) is 28.0 Å². The zero-order valence-corrected chi connectivity index (χ0v) is 24.9. The largest absolute Gasteiger partial charge is 0.495 e. The molecule has 2 aromatic heterocycles. The van der Waals surface area contributed by atoms with Crippen molar-refractivity contribution in [1.82, 2.24) is 25.3 Å². The van der Waals surface area contributed by atoms with E-state index in [1.165, 1.54) is 7.11 Å². The fraction of sp³-hybridized carbons (Fsp3) is 0.323. The minimum Gasteiger partial charge on any atom is -0.495 e. The van der Waals surface area contributed by atoms with E-state index >= 15 is 0 Å². The third-order valence-corrected chi connectivity index (χ3v) is 6.62. The minimum atomic E-state index is -0.530. The summed E-state index contributed by atoms with van der Waals surface area (Å²) in [5, 5.41) is 19.0. The Morgan fingerprint density at radius 3 is 2.36 bits per heavy atom. The number of pyridine rings is 1. The highest BCUT2D eigenvalue weighted by Crippen LogP contribution is 2.34. The molecule has 2 amide bonds. The minimum absolute atomic E-state index is 0.165. The summed E-state index contributed by atoms with van der Waals surface area (Å²) in [5.74, 6) is 0.329. The molecule has 4 N–H and O–H groups in total. The molecular formula is C31H36ClN5O5. The van der Waals surface area contributed by atoms with Gasteiger partial charge in [0.05, 0.1) is 24.4 Å². The first-order chi connectivity index (χ1) is 20.1. The normalized spacial score (nSPS) is 11.4. The Morgan fingerprint density at radius 1 is 0.976 bits per heavy atom. The predicted molar refractivity (Wildman–Crippen MR) is 163 cm³/mol. The van der Waals surface area contributed by atoms with Gasteiger partial charge in [-0.1, -0.05) is 23.7 Å². The summed E-state index contributed by atoms with van der Waals surface area (Å²) in [4.78, 5) is 29.0. The van der Waals surface area contributed by atoms with E-state index in [1.54, 1.807) is 24.3 Å². The summed E-state index contributed by atoms with van der Waals surface area (Å²) in [6, 6.07) is 14.8.